The van der Waals surface area contributed by atoms with E-state index in [1.807, 2.05) is 52.0 Å². The van der Waals surface area contributed by atoms with Gasteiger partial charge in [0.25, 0.3) is 0 Å². The summed E-state index contributed by atoms with van der Waals surface area (Å²) in [6.07, 6.45) is 5.81. The second-order valence-electron chi connectivity index (χ2n) is 5.87. The Labute approximate surface area is 109 Å². The highest BCUT2D eigenvalue weighted by Crippen LogP contribution is 2.40. The van der Waals surface area contributed by atoms with Crippen molar-refractivity contribution in [2.24, 2.45) is 0 Å². The van der Waals surface area contributed by atoms with Crippen molar-refractivity contribution in [2.75, 3.05) is 0 Å². The molecule has 0 bridgehead atoms. The van der Waals surface area contributed by atoms with Gasteiger partial charge >= 0.3 is 0 Å². The molecule has 2 rings (SSSR count). The molecule has 0 saturated heterocycles. The molecule has 0 aliphatic carbocycles. The smallest absolute Gasteiger partial charge is 0.128 e. The Morgan fingerprint density at radius 1 is 1.33 bits per heavy atom. The molecule has 2 heteroatoms. The van der Waals surface area contributed by atoms with Gasteiger partial charge in [-0.3, -0.25) is 0 Å². The van der Waals surface area contributed by atoms with E-state index in [-0.39, 0.29) is 16.8 Å². The van der Waals surface area contributed by atoms with Crippen LogP contribution in [0.1, 0.15) is 38.8 Å². The second-order valence-corrected chi connectivity index (χ2v) is 5.87. The number of hydrogen-bond donors (Lipinski definition) is 1. The summed E-state index contributed by atoms with van der Waals surface area (Å²) in [7, 11) is 0. The molecule has 0 aromatic heterocycles. The number of allylic oxidation sites excluding steroid dienone is 1. The van der Waals surface area contributed by atoms with E-state index in [0.717, 1.165) is 16.9 Å². The van der Waals surface area contributed by atoms with Gasteiger partial charge < -0.3 is 9.84 Å². The molecule has 1 aromatic rings. The lowest BCUT2D eigenvalue weighted by Gasteiger charge is -2.30. The molecule has 0 spiro atoms. The van der Waals surface area contributed by atoms with E-state index in [1.165, 1.54) is 0 Å². The molecule has 0 unspecified atom stereocenters. The molecular weight excluding hydrogens is 224 g/mol. The van der Waals surface area contributed by atoms with Crippen molar-refractivity contribution in [1.29, 1.82) is 0 Å². The van der Waals surface area contributed by atoms with Gasteiger partial charge in [0, 0.05) is 16.5 Å². The zero-order valence-electron chi connectivity index (χ0n) is 11.4. The number of aromatic hydroxyl groups is 1. The van der Waals surface area contributed by atoms with Crippen LogP contribution < -0.4 is 4.74 Å². The third kappa shape index (κ3) is 2.15. The Hall–Kier alpha value is -1.70. The van der Waals surface area contributed by atoms with Crippen LogP contribution in [0.2, 0.25) is 0 Å². The largest absolute Gasteiger partial charge is 0.508 e. The Morgan fingerprint density at radius 2 is 2.00 bits per heavy atom. The number of rotatable bonds is 2. The van der Waals surface area contributed by atoms with Gasteiger partial charge in [-0.15, -0.1) is 6.58 Å². The molecule has 1 aliphatic heterocycles. The van der Waals surface area contributed by atoms with Crippen molar-refractivity contribution >= 4 is 6.08 Å². The maximum atomic E-state index is 10.1. The van der Waals surface area contributed by atoms with Crippen LogP contribution in [0.4, 0.5) is 0 Å². The molecule has 0 fully saturated rings. The van der Waals surface area contributed by atoms with E-state index < -0.39 is 0 Å². The van der Waals surface area contributed by atoms with E-state index in [4.69, 9.17) is 4.74 Å². The standard InChI is InChI=1S/C16H20O2/c1-6-15(2,3)12-10-14-11(9-13(12)17)7-8-16(4,5)18-14/h6-10,17H,1H2,2-5H3. The van der Waals surface area contributed by atoms with Crippen LogP contribution in [0.15, 0.2) is 30.9 Å². The summed E-state index contributed by atoms with van der Waals surface area (Å²) in [5.41, 5.74) is 1.16. The van der Waals surface area contributed by atoms with Gasteiger partial charge in [-0.05, 0) is 32.1 Å². The number of phenols is 1. The minimum absolute atomic E-state index is 0.284. The average Bonchev–Trinajstić information content (AvgIpc) is 2.28. The Kier molecular flexibility index (Phi) is 2.77. The fourth-order valence-electron chi connectivity index (χ4n) is 2.04. The van der Waals surface area contributed by atoms with Gasteiger partial charge in [0.1, 0.15) is 17.1 Å². The van der Waals surface area contributed by atoms with Crippen LogP contribution in [0.5, 0.6) is 11.5 Å². The van der Waals surface area contributed by atoms with Crippen LogP contribution in [-0.2, 0) is 5.41 Å². The average molecular weight is 244 g/mol. The molecule has 96 valence electrons. The fourth-order valence-corrected chi connectivity index (χ4v) is 2.04. The summed E-state index contributed by atoms with van der Waals surface area (Å²) in [5, 5.41) is 10.1. The van der Waals surface area contributed by atoms with Gasteiger partial charge in [0.15, 0.2) is 0 Å². The summed E-state index contributed by atoms with van der Waals surface area (Å²) in [4.78, 5) is 0. The first-order valence-corrected chi connectivity index (χ1v) is 6.14. The Morgan fingerprint density at radius 3 is 2.61 bits per heavy atom. The van der Waals surface area contributed by atoms with Crippen molar-refractivity contribution in [2.45, 2.75) is 38.7 Å². The lowest BCUT2D eigenvalue weighted by atomic mass is 9.83. The van der Waals surface area contributed by atoms with Crippen molar-refractivity contribution in [3.05, 3.63) is 42.0 Å². The molecule has 0 amide bonds. The van der Waals surface area contributed by atoms with Crippen molar-refractivity contribution < 1.29 is 9.84 Å². The highest BCUT2D eigenvalue weighted by Gasteiger charge is 2.26. The zero-order valence-corrected chi connectivity index (χ0v) is 11.4. The minimum Gasteiger partial charge on any atom is -0.508 e. The summed E-state index contributed by atoms with van der Waals surface area (Å²) >= 11 is 0. The summed E-state index contributed by atoms with van der Waals surface area (Å²) in [6, 6.07) is 3.67. The number of ether oxygens (including phenoxy) is 1. The van der Waals surface area contributed by atoms with E-state index >= 15 is 0 Å². The number of benzene rings is 1. The monoisotopic (exact) mass is 244 g/mol. The lowest BCUT2D eigenvalue weighted by molar-refractivity contribution is 0.158. The van der Waals surface area contributed by atoms with Crippen LogP contribution in [-0.4, -0.2) is 10.7 Å². The molecule has 0 atom stereocenters. The first-order chi connectivity index (χ1) is 8.25. The Balaban J connectivity index is 2.56. The third-order valence-corrected chi connectivity index (χ3v) is 3.37. The first-order valence-electron chi connectivity index (χ1n) is 6.14. The zero-order chi connectivity index (χ0) is 13.6. The SMILES string of the molecule is C=CC(C)(C)c1cc2c(cc1O)C=CC(C)(C)O2. The van der Waals surface area contributed by atoms with Crippen LogP contribution in [0.25, 0.3) is 6.08 Å². The molecule has 2 nitrogen and oxygen atoms in total. The highest BCUT2D eigenvalue weighted by molar-refractivity contribution is 5.65. The van der Waals surface area contributed by atoms with E-state index in [0.29, 0.717) is 0 Å². The fraction of sp³-hybridized carbons (Fsp3) is 0.375. The lowest BCUT2D eigenvalue weighted by Crippen LogP contribution is -2.28. The van der Waals surface area contributed by atoms with E-state index in [9.17, 15) is 5.11 Å². The van der Waals surface area contributed by atoms with Crippen LogP contribution >= 0.6 is 0 Å². The topological polar surface area (TPSA) is 29.5 Å². The van der Waals surface area contributed by atoms with Crippen molar-refractivity contribution in [1.82, 2.24) is 0 Å². The molecule has 0 radical (unpaired) electrons. The van der Waals surface area contributed by atoms with Gasteiger partial charge in [-0.25, -0.2) is 0 Å². The minimum atomic E-state index is -0.306. The van der Waals surface area contributed by atoms with Crippen molar-refractivity contribution in [3.8, 4) is 11.5 Å². The van der Waals surface area contributed by atoms with Crippen molar-refractivity contribution in [3.63, 3.8) is 0 Å². The third-order valence-electron chi connectivity index (χ3n) is 3.37. The summed E-state index contributed by atoms with van der Waals surface area (Å²) < 4.78 is 5.92. The van der Waals surface area contributed by atoms with Gasteiger partial charge in [-0.2, -0.15) is 0 Å². The van der Waals surface area contributed by atoms with Gasteiger partial charge in [0.2, 0.25) is 0 Å². The summed E-state index contributed by atoms with van der Waals surface area (Å²) in [5.74, 6) is 1.09. The summed E-state index contributed by atoms with van der Waals surface area (Å²) in [6.45, 7) is 11.9. The number of hydrogen-bond acceptors (Lipinski definition) is 2. The maximum Gasteiger partial charge on any atom is 0.128 e. The van der Waals surface area contributed by atoms with E-state index in [2.05, 4.69) is 6.58 Å². The molecule has 0 saturated carbocycles. The predicted molar refractivity (Wildman–Crippen MR) is 75.1 cm³/mol. The molecule has 1 heterocycles. The van der Waals surface area contributed by atoms with Gasteiger partial charge in [0.05, 0.1) is 0 Å². The van der Waals surface area contributed by atoms with Gasteiger partial charge in [-0.1, -0.05) is 26.0 Å². The predicted octanol–water partition coefficient (Wildman–Crippen LogP) is 4.04. The molecule has 18 heavy (non-hydrogen) atoms. The normalized spacial score (nSPS) is 16.9. The first kappa shape index (κ1) is 12.7. The van der Waals surface area contributed by atoms with Crippen LogP contribution in [0.3, 0.4) is 0 Å². The molecule has 1 aromatic carbocycles. The quantitative estimate of drug-likeness (QED) is 0.795. The Bertz CT molecular complexity index is 522. The number of fused-ring (bicyclic) bond motifs is 1. The molecule has 1 aliphatic rings. The maximum absolute atomic E-state index is 10.1. The number of phenolic OH excluding ortho intramolecular Hbond substituents is 1. The molecule has 1 N–H and O–H groups in total. The second kappa shape index (κ2) is 3.91. The molecular formula is C16H20O2. The van der Waals surface area contributed by atoms with Crippen LogP contribution in [0, 0.1) is 0 Å². The highest BCUT2D eigenvalue weighted by atomic mass is 16.5. The van der Waals surface area contributed by atoms with E-state index in [1.54, 1.807) is 6.07 Å².